The van der Waals surface area contributed by atoms with Crippen LogP contribution in [0.2, 0.25) is 0 Å². The Balaban J connectivity index is 1.59. The van der Waals surface area contributed by atoms with Crippen molar-refractivity contribution in [2.75, 3.05) is 14.2 Å². The van der Waals surface area contributed by atoms with Crippen molar-refractivity contribution in [3.8, 4) is 11.5 Å². The van der Waals surface area contributed by atoms with E-state index in [4.69, 9.17) is 14.2 Å². The van der Waals surface area contributed by atoms with Gasteiger partial charge in [-0.3, -0.25) is 0 Å². The first kappa shape index (κ1) is 18.6. The van der Waals surface area contributed by atoms with Crippen LogP contribution in [-0.4, -0.2) is 30.7 Å². The van der Waals surface area contributed by atoms with Gasteiger partial charge in [0.2, 0.25) is 0 Å². The molecule has 4 rings (SSSR count). The van der Waals surface area contributed by atoms with Crippen LogP contribution < -0.4 is 9.47 Å². The number of aromatic nitrogens is 1. The van der Waals surface area contributed by atoms with Crippen LogP contribution in [0.3, 0.4) is 0 Å². The van der Waals surface area contributed by atoms with E-state index in [1.165, 1.54) is 7.11 Å². The first-order chi connectivity index (χ1) is 14.1. The van der Waals surface area contributed by atoms with E-state index in [1.54, 1.807) is 30.0 Å². The predicted octanol–water partition coefficient (Wildman–Crippen LogP) is 4.20. The van der Waals surface area contributed by atoms with Gasteiger partial charge in [-0.1, -0.05) is 30.3 Å². The van der Waals surface area contributed by atoms with E-state index in [0.717, 1.165) is 27.4 Å². The molecule has 0 spiro atoms. The fraction of sp³-hybridized carbons (Fsp3) is 0.130. The normalized spacial score (nSPS) is 10.8. The largest absolute Gasteiger partial charge is 0.497 e. The number of hydrogen-bond donors (Lipinski definition) is 0. The highest BCUT2D eigenvalue weighted by Gasteiger charge is 2.17. The Hall–Kier alpha value is -3.80. The number of para-hydroxylation sites is 1. The molecule has 0 unspecified atom stereocenters. The second-order valence-electron chi connectivity index (χ2n) is 6.53. The van der Waals surface area contributed by atoms with Gasteiger partial charge in [-0.05, 0) is 41.1 Å². The second-order valence-corrected chi connectivity index (χ2v) is 6.53. The van der Waals surface area contributed by atoms with Crippen molar-refractivity contribution in [1.29, 1.82) is 0 Å². The average molecular weight is 389 g/mol. The molecule has 0 amide bonds. The van der Waals surface area contributed by atoms with Gasteiger partial charge in [0.05, 0.1) is 19.8 Å². The summed E-state index contributed by atoms with van der Waals surface area (Å²) in [5.74, 6) is 0.289. The number of methoxy groups -OCH3 is 2. The molecule has 0 atom stereocenters. The van der Waals surface area contributed by atoms with Gasteiger partial charge < -0.3 is 18.8 Å². The maximum Gasteiger partial charge on any atom is 0.340 e. The van der Waals surface area contributed by atoms with E-state index >= 15 is 0 Å². The van der Waals surface area contributed by atoms with Crippen LogP contribution in [0.4, 0.5) is 0 Å². The molecule has 4 aromatic rings. The minimum atomic E-state index is -0.447. The molecular formula is C23H19NO5. The zero-order valence-electron chi connectivity index (χ0n) is 16.0. The third-order valence-electron chi connectivity index (χ3n) is 4.74. The molecule has 0 saturated heterocycles. The van der Waals surface area contributed by atoms with E-state index in [0.29, 0.717) is 11.3 Å². The van der Waals surface area contributed by atoms with Crippen LogP contribution >= 0.6 is 0 Å². The maximum absolute atomic E-state index is 12.5. The molecule has 6 heteroatoms. The summed E-state index contributed by atoms with van der Waals surface area (Å²) >= 11 is 0. The predicted molar refractivity (Wildman–Crippen MR) is 109 cm³/mol. The Morgan fingerprint density at radius 2 is 1.62 bits per heavy atom. The van der Waals surface area contributed by atoms with Gasteiger partial charge in [-0.15, -0.1) is 0 Å². The van der Waals surface area contributed by atoms with E-state index in [1.807, 2.05) is 48.5 Å². The maximum atomic E-state index is 12.5. The summed E-state index contributed by atoms with van der Waals surface area (Å²) in [6, 6.07) is 18.5. The summed E-state index contributed by atoms with van der Waals surface area (Å²) < 4.78 is 17.3. The van der Waals surface area contributed by atoms with Crippen molar-refractivity contribution in [2.24, 2.45) is 0 Å². The highest BCUT2D eigenvalue weighted by molar-refractivity contribution is 6.04. The van der Waals surface area contributed by atoms with Gasteiger partial charge in [0, 0.05) is 17.1 Å². The first-order valence-electron chi connectivity index (χ1n) is 9.03. The van der Waals surface area contributed by atoms with Gasteiger partial charge in [-0.25, -0.2) is 9.59 Å². The summed E-state index contributed by atoms with van der Waals surface area (Å²) in [4.78, 5) is 24.6. The molecule has 1 heterocycles. The molecule has 0 aliphatic carbocycles. The smallest absolute Gasteiger partial charge is 0.340 e. The minimum Gasteiger partial charge on any atom is -0.497 e. The van der Waals surface area contributed by atoms with Gasteiger partial charge in [0.1, 0.15) is 18.0 Å². The number of fused-ring (bicyclic) bond motifs is 2. The molecule has 146 valence electrons. The standard InChI is InChI=1S/C23H19NO5/c1-27-17-9-7-15-8-10-18(12-16(15)11-17)29-22(25)14-24-13-20(23(26)28-2)19-5-3-4-6-21(19)24/h3-13H,14H2,1-2H3. The zero-order valence-corrected chi connectivity index (χ0v) is 16.0. The average Bonchev–Trinajstić information content (AvgIpc) is 3.11. The molecule has 0 aliphatic rings. The zero-order chi connectivity index (χ0) is 20.4. The molecule has 3 aromatic carbocycles. The number of carbonyl (C=O) groups excluding carboxylic acids is 2. The fourth-order valence-electron chi connectivity index (χ4n) is 3.35. The quantitative estimate of drug-likeness (QED) is 0.378. The molecule has 0 bridgehead atoms. The monoisotopic (exact) mass is 389 g/mol. The number of hydrogen-bond acceptors (Lipinski definition) is 5. The van der Waals surface area contributed by atoms with Crippen molar-refractivity contribution >= 4 is 33.6 Å². The molecular weight excluding hydrogens is 370 g/mol. The van der Waals surface area contributed by atoms with Gasteiger partial charge >= 0.3 is 11.9 Å². The third kappa shape index (κ3) is 3.65. The Morgan fingerprint density at radius 3 is 2.38 bits per heavy atom. The van der Waals surface area contributed by atoms with Crippen LogP contribution in [-0.2, 0) is 16.1 Å². The number of carbonyl (C=O) groups is 2. The van der Waals surface area contributed by atoms with Crippen molar-refractivity contribution in [3.05, 3.63) is 72.4 Å². The van der Waals surface area contributed by atoms with E-state index in [2.05, 4.69) is 0 Å². The lowest BCUT2D eigenvalue weighted by molar-refractivity contribution is -0.134. The van der Waals surface area contributed by atoms with Crippen molar-refractivity contribution in [2.45, 2.75) is 6.54 Å². The van der Waals surface area contributed by atoms with E-state index in [-0.39, 0.29) is 6.54 Å². The Morgan fingerprint density at radius 1 is 0.897 bits per heavy atom. The Bertz CT molecular complexity index is 1220. The number of esters is 2. The topological polar surface area (TPSA) is 66.8 Å². The van der Waals surface area contributed by atoms with Crippen LogP contribution in [0.1, 0.15) is 10.4 Å². The van der Waals surface area contributed by atoms with Gasteiger partial charge in [0.15, 0.2) is 0 Å². The van der Waals surface area contributed by atoms with Crippen molar-refractivity contribution in [3.63, 3.8) is 0 Å². The lowest BCUT2D eigenvalue weighted by Crippen LogP contribution is -2.15. The molecule has 0 saturated carbocycles. The van der Waals surface area contributed by atoms with Crippen molar-refractivity contribution < 1.29 is 23.8 Å². The third-order valence-corrected chi connectivity index (χ3v) is 4.74. The summed E-state index contributed by atoms with van der Waals surface area (Å²) in [7, 11) is 2.94. The number of nitrogens with zero attached hydrogens (tertiary/aromatic N) is 1. The number of rotatable bonds is 5. The summed E-state index contributed by atoms with van der Waals surface area (Å²) in [5, 5.41) is 2.66. The van der Waals surface area contributed by atoms with Crippen LogP contribution in [0.25, 0.3) is 21.7 Å². The van der Waals surface area contributed by atoms with E-state index in [9.17, 15) is 9.59 Å². The highest BCUT2D eigenvalue weighted by Crippen LogP contribution is 2.26. The first-order valence-corrected chi connectivity index (χ1v) is 9.03. The summed E-state index contributed by atoms with van der Waals surface area (Å²) in [5.41, 5.74) is 1.17. The molecule has 0 aliphatic heterocycles. The lowest BCUT2D eigenvalue weighted by Gasteiger charge is -2.08. The van der Waals surface area contributed by atoms with E-state index < -0.39 is 11.9 Å². The number of benzene rings is 3. The van der Waals surface area contributed by atoms with Crippen LogP contribution in [0.5, 0.6) is 11.5 Å². The molecule has 0 fully saturated rings. The summed E-state index contributed by atoms with van der Waals surface area (Å²) in [6.45, 7) is -0.0341. The van der Waals surface area contributed by atoms with Gasteiger partial charge in [-0.2, -0.15) is 0 Å². The van der Waals surface area contributed by atoms with Gasteiger partial charge in [0.25, 0.3) is 0 Å². The highest BCUT2D eigenvalue weighted by atomic mass is 16.5. The Kier molecular flexibility index (Phi) is 4.91. The second kappa shape index (κ2) is 7.67. The molecule has 29 heavy (non-hydrogen) atoms. The molecule has 1 aromatic heterocycles. The van der Waals surface area contributed by atoms with Crippen LogP contribution in [0, 0.1) is 0 Å². The Labute approximate surface area is 167 Å². The number of ether oxygens (including phenoxy) is 3. The van der Waals surface area contributed by atoms with Crippen molar-refractivity contribution in [1.82, 2.24) is 4.57 Å². The molecule has 0 radical (unpaired) electrons. The lowest BCUT2D eigenvalue weighted by atomic mass is 10.1. The minimum absolute atomic E-state index is 0.0341. The van der Waals surface area contributed by atoms with Crippen LogP contribution in [0.15, 0.2) is 66.9 Å². The summed E-state index contributed by atoms with van der Waals surface area (Å²) in [6.07, 6.45) is 1.61. The fourth-order valence-corrected chi connectivity index (χ4v) is 3.35. The molecule has 0 N–H and O–H groups in total. The molecule has 6 nitrogen and oxygen atoms in total. The SMILES string of the molecule is COC(=O)c1cn(CC(=O)Oc2ccc3ccc(OC)cc3c2)c2ccccc12.